The Labute approximate surface area is 303 Å². The Kier molecular flexibility index (Phi) is 16.2. The van der Waals surface area contributed by atoms with Gasteiger partial charge >= 0.3 is 12.1 Å². The highest BCUT2D eigenvalue weighted by atomic mass is 35.5. The Balaban J connectivity index is 1.65. The molecule has 0 aliphatic rings. The molecule has 14 heteroatoms. The first kappa shape index (κ1) is 39.5. The zero-order valence-corrected chi connectivity index (χ0v) is 30.3. The van der Waals surface area contributed by atoms with Gasteiger partial charge in [-0.1, -0.05) is 0 Å². The molecule has 12 nitrogen and oxygen atoms in total. The van der Waals surface area contributed by atoms with Gasteiger partial charge in [-0.15, -0.1) is 23.2 Å². The molecule has 0 heterocycles. The average molecular weight is 724 g/mol. The Morgan fingerprint density at radius 3 is 1.14 bits per heavy atom. The van der Waals surface area contributed by atoms with Crippen molar-refractivity contribution in [2.24, 2.45) is 9.98 Å². The van der Waals surface area contributed by atoms with Crippen LogP contribution < -0.4 is 21.3 Å². The molecule has 0 aromatic heterocycles. The first-order valence-electron chi connectivity index (χ1n) is 16.5. The molecule has 3 rings (SSSR count). The molecule has 3 aromatic carbocycles. The lowest BCUT2D eigenvalue weighted by molar-refractivity contribution is 0.101. The number of anilines is 2. The number of urea groups is 2. The molecule has 6 amide bonds. The maximum Gasteiger partial charge on any atom is 0.323 e. The number of alkyl halides is 2. The van der Waals surface area contributed by atoms with E-state index in [-0.39, 0.29) is 23.9 Å². The number of nitrogens with one attached hydrogen (secondary N) is 4. The number of carbonyl (C=O) groups excluding carboxylic acids is 4. The lowest BCUT2D eigenvalue weighted by atomic mass is 10.1. The molecule has 0 aliphatic carbocycles. The average Bonchev–Trinajstić information content (AvgIpc) is 3.13. The maximum absolute atomic E-state index is 13.0. The molecule has 266 valence electrons. The van der Waals surface area contributed by atoms with Crippen molar-refractivity contribution in [3.63, 3.8) is 0 Å². The number of rotatable bonds is 14. The minimum atomic E-state index is -0.347. The van der Waals surface area contributed by atoms with Crippen LogP contribution in [0.3, 0.4) is 0 Å². The Hall–Kier alpha value is -4.94. The summed E-state index contributed by atoms with van der Waals surface area (Å²) >= 11 is 11.4. The Morgan fingerprint density at radius 1 is 0.540 bits per heavy atom. The van der Waals surface area contributed by atoms with Crippen molar-refractivity contribution < 1.29 is 19.2 Å². The van der Waals surface area contributed by atoms with Gasteiger partial charge in [0.25, 0.3) is 11.8 Å². The van der Waals surface area contributed by atoms with E-state index in [0.717, 1.165) is 11.1 Å². The highest BCUT2D eigenvalue weighted by molar-refractivity contribution is 6.18. The Bertz CT molecular complexity index is 1520. The van der Waals surface area contributed by atoms with Gasteiger partial charge < -0.3 is 21.3 Å². The van der Waals surface area contributed by atoms with E-state index in [0.29, 0.717) is 85.2 Å². The van der Waals surface area contributed by atoms with Crippen molar-refractivity contribution in [3.8, 4) is 0 Å². The van der Waals surface area contributed by atoms with Gasteiger partial charge in [0.2, 0.25) is 0 Å². The van der Waals surface area contributed by atoms with E-state index in [9.17, 15) is 19.2 Å². The predicted octanol–water partition coefficient (Wildman–Crippen LogP) is 6.26. The highest BCUT2D eigenvalue weighted by Gasteiger charge is 2.21. The van der Waals surface area contributed by atoms with E-state index in [1.165, 1.54) is 0 Å². The lowest BCUT2D eigenvalue weighted by Gasteiger charge is -2.23. The second-order valence-electron chi connectivity index (χ2n) is 10.6. The summed E-state index contributed by atoms with van der Waals surface area (Å²) in [6, 6.07) is 19.9. The first-order valence-corrected chi connectivity index (χ1v) is 17.5. The van der Waals surface area contributed by atoms with E-state index in [1.807, 2.05) is 27.7 Å². The van der Waals surface area contributed by atoms with Crippen molar-refractivity contribution in [2.45, 2.75) is 27.7 Å². The Morgan fingerprint density at radius 2 is 0.860 bits per heavy atom. The molecule has 50 heavy (non-hydrogen) atoms. The van der Waals surface area contributed by atoms with Crippen LogP contribution in [0.2, 0.25) is 0 Å². The van der Waals surface area contributed by atoms with Gasteiger partial charge in [-0.05, 0) is 100 Å². The third-order valence-corrected chi connectivity index (χ3v) is 7.58. The van der Waals surface area contributed by atoms with Crippen molar-refractivity contribution in [3.05, 3.63) is 95.1 Å². The topological polar surface area (TPSA) is 148 Å². The number of benzene rings is 3. The zero-order valence-electron chi connectivity index (χ0n) is 28.8. The fourth-order valence-electron chi connectivity index (χ4n) is 4.83. The molecule has 0 radical (unpaired) electrons. The summed E-state index contributed by atoms with van der Waals surface area (Å²) in [6.07, 6.45) is 0. The number of carbonyl (C=O) groups is 4. The van der Waals surface area contributed by atoms with E-state index < -0.39 is 0 Å². The SMILES string of the molecule is CCN=C(c1ccc(NC(=O)c2ccc(C(=O)Nc3ccc(C(=NCC)N(CC)C(=O)NCCCl)cc3)cc2)cc1)N(CC)C(=O)NCCCl. The summed E-state index contributed by atoms with van der Waals surface area (Å²) in [5, 5.41) is 11.3. The lowest BCUT2D eigenvalue weighted by Crippen LogP contribution is -2.44. The molecular weight excluding hydrogens is 679 g/mol. The summed E-state index contributed by atoms with van der Waals surface area (Å²) in [4.78, 5) is 63.4. The van der Waals surface area contributed by atoms with Crippen molar-refractivity contribution in [2.75, 3.05) is 61.7 Å². The molecule has 0 spiro atoms. The molecule has 0 saturated carbocycles. The zero-order chi connectivity index (χ0) is 36.5. The van der Waals surface area contributed by atoms with E-state index in [4.69, 9.17) is 23.2 Å². The van der Waals surface area contributed by atoms with Gasteiger partial charge in [0.15, 0.2) is 0 Å². The highest BCUT2D eigenvalue weighted by Crippen LogP contribution is 2.17. The molecule has 3 aromatic rings. The minimum Gasteiger partial charge on any atom is -0.336 e. The molecule has 0 aliphatic heterocycles. The summed E-state index contributed by atoms with van der Waals surface area (Å²) in [7, 11) is 0. The molecule has 0 saturated heterocycles. The van der Waals surface area contributed by atoms with Crippen LogP contribution in [0.1, 0.15) is 59.5 Å². The largest absolute Gasteiger partial charge is 0.336 e. The second-order valence-corrected chi connectivity index (χ2v) is 11.3. The van der Waals surface area contributed by atoms with Crippen LogP contribution in [0.4, 0.5) is 21.0 Å². The normalized spacial score (nSPS) is 11.4. The monoisotopic (exact) mass is 722 g/mol. The number of hydrogen-bond acceptors (Lipinski definition) is 6. The fourth-order valence-corrected chi connectivity index (χ4v) is 5.02. The third-order valence-electron chi connectivity index (χ3n) is 7.20. The standard InChI is InChI=1S/C36H44Cl2N8O4/c1-5-39-31(45(7-3)35(49)41-23-21-37)25-13-17-29(18-14-25)43-33(47)27-9-11-28(12-10-27)34(48)44-30-19-15-26(16-20-30)32(40-6-2)46(8-4)36(50)42-24-22-38/h9-20H,5-8,21-24H2,1-4H3,(H,41,49)(H,42,50)(H,43,47)(H,44,48). The quantitative estimate of drug-likeness (QED) is 0.0883. The molecule has 0 atom stereocenters. The van der Waals surface area contributed by atoms with Crippen LogP contribution in [-0.2, 0) is 0 Å². The summed E-state index contributed by atoms with van der Waals surface area (Å²) in [5.41, 5.74) is 3.30. The van der Waals surface area contributed by atoms with Gasteiger partial charge in [-0.3, -0.25) is 29.4 Å². The van der Waals surface area contributed by atoms with Crippen LogP contribution in [-0.4, -0.2) is 96.4 Å². The van der Waals surface area contributed by atoms with Crippen LogP contribution in [0.15, 0.2) is 82.8 Å². The maximum atomic E-state index is 13.0. The summed E-state index contributed by atoms with van der Waals surface area (Å²) in [5.74, 6) is 0.952. The van der Waals surface area contributed by atoms with Crippen LogP contribution in [0, 0.1) is 0 Å². The molecule has 0 bridgehead atoms. The number of hydrogen-bond donors (Lipinski definition) is 4. The minimum absolute atomic E-state index is 0.288. The van der Waals surface area contributed by atoms with Gasteiger partial charge in [0.05, 0.1) is 0 Å². The smallest absolute Gasteiger partial charge is 0.323 e. The van der Waals surface area contributed by atoms with E-state index in [2.05, 4.69) is 31.3 Å². The van der Waals surface area contributed by atoms with Crippen LogP contribution in [0.5, 0.6) is 0 Å². The van der Waals surface area contributed by atoms with Crippen LogP contribution >= 0.6 is 23.2 Å². The number of halogens is 2. The third kappa shape index (κ3) is 11.0. The molecular formula is C36H44Cl2N8O4. The summed E-state index contributed by atoms with van der Waals surface area (Å²) in [6.45, 7) is 9.98. The number of aliphatic imine (C=N–C) groups is 2. The van der Waals surface area contributed by atoms with Gasteiger partial charge in [-0.2, -0.15) is 0 Å². The first-order chi connectivity index (χ1) is 24.2. The van der Waals surface area contributed by atoms with Crippen molar-refractivity contribution >= 4 is 70.1 Å². The molecule has 0 fully saturated rings. The number of nitrogens with zero attached hydrogens (tertiary/aromatic N) is 4. The number of amides is 6. The van der Waals surface area contributed by atoms with Crippen molar-refractivity contribution in [1.82, 2.24) is 20.4 Å². The fraction of sp³-hybridized carbons (Fsp3) is 0.333. The number of amidine groups is 2. The predicted molar refractivity (Wildman–Crippen MR) is 202 cm³/mol. The van der Waals surface area contributed by atoms with E-state index >= 15 is 0 Å². The van der Waals surface area contributed by atoms with Gasteiger partial charge in [0.1, 0.15) is 11.7 Å². The van der Waals surface area contributed by atoms with Crippen LogP contribution in [0.25, 0.3) is 0 Å². The van der Waals surface area contributed by atoms with E-state index in [1.54, 1.807) is 82.6 Å². The second kappa shape index (κ2) is 20.5. The van der Waals surface area contributed by atoms with Gasteiger partial charge in [0, 0.05) is 84.7 Å². The van der Waals surface area contributed by atoms with Gasteiger partial charge in [-0.25, -0.2) is 9.59 Å². The molecule has 4 N–H and O–H groups in total. The van der Waals surface area contributed by atoms with Crippen molar-refractivity contribution in [1.29, 1.82) is 0 Å². The molecule has 0 unspecified atom stereocenters. The summed E-state index contributed by atoms with van der Waals surface area (Å²) < 4.78 is 0.